The monoisotopic (exact) mass is 270 g/mol. The fourth-order valence-electron chi connectivity index (χ4n) is 1.44. The van der Waals surface area contributed by atoms with Crippen molar-refractivity contribution < 1.29 is 10.0 Å². The van der Waals surface area contributed by atoms with Crippen LogP contribution in [-0.2, 0) is 0 Å². The third-order valence-electron chi connectivity index (χ3n) is 2.21. The minimum atomic E-state index is -1.40. The number of halogens is 1. The summed E-state index contributed by atoms with van der Waals surface area (Å²) in [5, 5.41) is 19.4. The van der Waals surface area contributed by atoms with Crippen molar-refractivity contribution in [2.24, 2.45) is 0 Å². The molecule has 0 saturated heterocycles. The number of hydrogen-bond donors (Lipinski definition) is 2. The van der Waals surface area contributed by atoms with Crippen LogP contribution in [0.4, 0.5) is 0 Å². The molecule has 2 aromatic rings. The first kappa shape index (κ1) is 10.2. The van der Waals surface area contributed by atoms with Crippen LogP contribution in [-0.4, -0.2) is 17.2 Å². The van der Waals surface area contributed by atoms with E-state index in [1.807, 2.05) is 19.1 Å². The molecule has 0 atom stereocenters. The van der Waals surface area contributed by atoms with Crippen LogP contribution in [0.15, 0.2) is 22.0 Å². The van der Waals surface area contributed by atoms with Crippen molar-refractivity contribution in [2.45, 2.75) is 6.92 Å². The number of fused-ring (bicyclic) bond motifs is 1. The van der Waals surface area contributed by atoms with Crippen LogP contribution in [0.25, 0.3) is 10.1 Å². The second kappa shape index (κ2) is 3.66. The van der Waals surface area contributed by atoms with Crippen molar-refractivity contribution in [1.29, 1.82) is 0 Å². The summed E-state index contributed by atoms with van der Waals surface area (Å²) in [6, 6.07) is 5.55. The fourth-order valence-corrected chi connectivity index (χ4v) is 3.20. The molecule has 72 valence electrons. The Morgan fingerprint density at radius 1 is 1.36 bits per heavy atom. The molecular formula is C9H8BBrO2S. The topological polar surface area (TPSA) is 40.5 Å². The molecule has 1 aromatic carbocycles. The van der Waals surface area contributed by atoms with Crippen molar-refractivity contribution in [3.63, 3.8) is 0 Å². The summed E-state index contributed by atoms with van der Waals surface area (Å²) >= 11 is 4.98. The first-order valence-electron chi connectivity index (χ1n) is 4.15. The molecule has 0 spiro atoms. The minimum absolute atomic E-state index is 0.571. The Labute approximate surface area is 94.5 Å². The molecule has 5 heteroatoms. The maximum Gasteiger partial charge on any atom is 0.489 e. The standard InChI is InChI=1S/C9H8BBrO2S/c1-5-6-3-2-4-7(10(12)13)8(6)14-9(5)11/h2-4,12-13H,1H3. The highest BCUT2D eigenvalue weighted by Crippen LogP contribution is 2.33. The molecule has 2 nitrogen and oxygen atoms in total. The normalized spacial score (nSPS) is 10.9. The fraction of sp³-hybridized carbons (Fsp3) is 0.111. The Bertz CT molecular complexity index is 481. The summed E-state index contributed by atoms with van der Waals surface area (Å²) in [7, 11) is -1.40. The largest absolute Gasteiger partial charge is 0.489 e. The smallest absolute Gasteiger partial charge is 0.423 e. The molecule has 2 rings (SSSR count). The molecule has 2 N–H and O–H groups in total. The van der Waals surface area contributed by atoms with E-state index in [0.29, 0.717) is 5.46 Å². The van der Waals surface area contributed by atoms with Gasteiger partial charge in [0.1, 0.15) is 0 Å². The lowest BCUT2D eigenvalue weighted by atomic mass is 9.80. The molecule has 0 amide bonds. The van der Waals surface area contributed by atoms with Gasteiger partial charge in [-0.3, -0.25) is 0 Å². The Morgan fingerprint density at radius 2 is 2.07 bits per heavy atom. The SMILES string of the molecule is Cc1c(Br)sc2c(B(O)O)cccc12. The van der Waals surface area contributed by atoms with Crippen LogP contribution in [0.2, 0.25) is 0 Å². The molecule has 0 aliphatic heterocycles. The molecule has 0 saturated carbocycles. The molecule has 0 aliphatic carbocycles. The van der Waals surface area contributed by atoms with Gasteiger partial charge in [0.25, 0.3) is 0 Å². The summed E-state index contributed by atoms with van der Waals surface area (Å²) in [4.78, 5) is 0. The lowest BCUT2D eigenvalue weighted by Gasteiger charge is -2.00. The van der Waals surface area contributed by atoms with Gasteiger partial charge in [-0.2, -0.15) is 0 Å². The number of thiophene rings is 1. The predicted octanol–water partition coefficient (Wildman–Crippen LogP) is 1.65. The molecule has 0 aliphatic rings. The molecule has 0 bridgehead atoms. The zero-order valence-corrected chi connectivity index (χ0v) is 9.89. The van der Waals surface area contributed by atoms with E-state index in [4.69, 9.17) is 10.0 Å². The maximum absolute atomic E-state index is 9.17. The van der Waals surface area contributed by atoms with Gasteiger partial charge in [0.05, 0.1) is 3.79 Å². The first-order chi connectivity index (χ1) is 6.61. The molecule has 0 unspecified atom stereocenters. The molecule has 1 heterocycles. The van der Waals surface area contributed by atoms with Crippen LogP contribution in [0.1, 0.15) is 5.56 Å². The van der Waals surface area contributed by atoms with Gasteiger partial charge in [-0.1, -0.05) is 18.2 Å². The lowest BCUT2D eigenvalue weighted by molar-refractivity contribution is 0.426. The highest BCUT2D eigenvalue weighted by Gasteiger charge is 2.17. The van der Waals surface area contributed by atoms with Crippen LogP contribution >= 0.6 is 27.3 Å². The average molecular weight is 271 g/mol. The van der Waals surface area contributed by atoms with Gasteiger partial charge in [-0.05, 0) is 39.3 Å². The molecule has 1 aromatic heterocycles. The summed E-state index contributed by atoms with van der Waals surface area (Å²) in [6.07, 6.45) is 0. The van der Waals surface area contributed by atoms with E-state index in [1.54, 1.807) is 6.07 Å². The Balaban J connectivity index is 2.81. The van der Waals surface area contributed by atoms with Crippen LogP contribution < -0.4 is 5.46 Å². The predicted molar refractivity (Wildman–Crippen MR) is 64.1 cm³/mol. The van der Waals surface area contributed by atoms with Crippen LogP contribution in [0, 0.1) is 6.92 Å². The third kappa shape index (κ3) is 1.50. The van der Waals surface area contributed by atoms with Gasteiger partial charge in [0.2, 0.25) is 0 Å². The summed E-state index contributed by atoms with van der Waals surface area (Å²) in [5.74, 6) is 0. The highest BCUT2D eigenvalue weighted by molar-refractivity contribution is 9.11. The van der Waals surface area contributed by atoms with E-state index in [1.165, 1.54) is 11.3 Å². The summed E-state index contributed by atoms with van der Waals surface area (Å²) < 4.78 is 1.98. The maximum atomic E-state index is 9.17. The van der Waals surface area contributed by atoms with Gasteiger partial charge in [-0.15, -0.1) is 11.3 Å². The molecule has 0 fully saturated rings. The molecule has 14 heavy (non-hydrogen) atoms. The van der Waals surface area contributed by atoms with E-state index in [-0.39, 0.29) is 0 Å². The first-order valence-corrected chi connectivity index (χ1v) is 5.76. The average Bonchev–Trinajstić information content (AvgIpc) is 2.43. The van der Waals surface area contributed by atoms with Gasteiger partial charge in [0, 0.05) is 4.70 Å². The van der Waals surface area contributed by atoms with Gasteiger partial charge in [-0.25, -0.2) is 0 Å². The zero-order chi connectivity index (χ0) is 10.3. The Hall–Kier alpha value is -0.355. The number of benzene rings is 1. The summed E-state index contributed by atoms with van der Waals surface area (Å²) in [6.45, 7) is 2.01. The second-order valence-electron chi connectivity index (χ2n) is 3.10. The van der Waals surface area contributed by atoms with Crippen molar-refractivity contribution >= 4 is 49.9 Å². The van der Waals surface area contributed by atoms with Gasteiger partial charge >= 0.3 is 7.12 Å². The van der Waals surface area contributed by atoms with E-state index >= 15 is 0 Å². The lowest BCUT2D eigenvalue weighted by Crippen LogP contribution is -2.29. The van der Waals surface area contributed by atoms with E-state index < -0.39 is 7.12 Å². The number of aryl methyl sites for hydroxylation is 1. The third-order valence-corrected chi connectivity index (χ3v) is 4.44. The van der Waals surface area contributed by atoms with E-state index in [2.05, 4.69) is 15.9 Å². The van der Waals surface area contributed by atoms with Gasteiger partial charge in [0.15, 0.2) is 0 Å². The summed E-state index contributed by atoms with van der Waals surface area (Å²) in [5.41, 5.74) is 1.72. The Kier molecular flexibility index (Phi) is 2.66. The van der Waals surface area contributed by atoms with Crippen molar-refractivity contribution in [2.75, 3.05) is 0 Å². The quantitative estimate of drug-likeness (QED) is 0.774. The van der Waals surface area contributed by atoms with Crippen molar-refractivity contribution in [3.8, 4) is 0 Å². The Morgan fingerprint density at radius 3 is 2.71 bits per heavy atom. The van der Waals surface area contributed by atoms with E-state index in [0.717, 1.165) is 19.4 Å². The van der Waals surface area contributed by atoms with E-state index in [9.17, 15) is 0 Å². The molecular weight excluding hydrogens is 263 g/mol. The molecule has 0 radical (unpaired) electrons. The van der Waals surface area contributed by atoms with Crippen molar-refractivity contribution in [3.05, 3.63) is 27.5 Å². The van der Waals surface area contributed by atoms with Crippen LogP contribution in [0.3, 0.4) is 0 Å². The second-order valence-corrected chi connectivity index (χ2v) is 5.44. The van der Waals surface area contributed by atoms with Crippen LogP contribution in [0.5, 0.6) is 0 Å². The van der Waals surface area contributed by atoms with Crippen molar-refractivity contribution in [1.82, 2.24) is 0 Å². The number of rotatable bonds is 1. The number of hydrogen-bond acceptors (Lipinski definition) is 3. The minimum Gasteiger partial charge on any atom is -0.423 e. The van der Waals surface area contributed by atoms with Gasteiger partial charge < -0.3 is 10.0 Å². The zero-order valence-electron chi connectivity index (χ0n) is 7.49. The highest BCUT2D eigenvalue weighted by atomic mass is 79.9.